The number of hydrogen-bond acceptors (Lipinski definition) is 1. The lowest BCUT2D eigenvalue weighted by atomic mass is 9.94. The zero-order valence-corrected chi connectivity index (χ0v) is 14.9. The molecule has 1 aliphatic heterocycles. The standard InChI is InChI=1S/C20H17Cl2NO/c1-23-12-16(10-14-6-2-4-8-18(14)21)20(24)17(13-23)11-15-7-3-5-9-19(15)22/h2-11H,12-13H2,1H3/p+1/b16-10-,17-11+. The van der Waals surface area contributed by atoms with Crippen LogP contribution in [-0.2, 0) is 4.79 Å². The van der Waals surface area contributed by atoms with Crippen LogP contribution in [0.2, 0.25) is 10.0 Å². The summed E-state index contributed by atoms with van der Waals surface area (Å²) in [5.74, 6) is 0.0699. The van der Waals surface area contributed by atoms with E-state index in [9.17, 15) is 4.79 Å². The highest BCUT2D eigenvalue weighted by molar-refractivity contribution is 6.32. The lowest BCUT2D eigenvalue weighted by Gasteiger charge is -2.23. The number of rotatable bonds is 2. The van der Waals surface area contributed by atoms with Crippen molar-refractivity contribution < 1.29 is 9.69 Å². The summed E-state index contributed by atoms with van der Waals surface area (Å²) in [5.41, 5.74) is 3.28. The Labute approximate surface area is 152 Å². The number of benzene rings is 2. The SMILES string of the molecule is C[NH+]1C/C(=C/c2ccccc2Cl)C(=O)/C(=C/c2ccccc2Cl)C1. The minimum atomic E-state index is 0.0699. The number of likely N-dealkylation sites (N-methyl/N-ethyl adjacent to an activating group) is 1. The van der Waals surface area contributed by atoms with E-state index in [-0.39, 0.29) is 5.78 Å². The molecule has 4 heteroatoms. The van der Waals surface area contributed by atoms with Crippen molar-refractivity contribution >= 4 is 41.1 Å². The van der Waals surface area contributed by atoms with Crippen LogP contribution in [0.25, 0.3) is 12.2 Å². The molecule has 1 N–H and O–H groups in total. The van der Waals surface area contributed by atoms with Crippen molar-refractivity contribution in [2.24, 2.45) is 0 Å². The van der Waals surface area contributed by atoms with E-state index in [1.54, 1.807) is 0 Å². The van der Waals surface area contributed by atoms with Gasteiger partial charge in [0.25, 0.3) is 0 Å². The fourth-order valence-electron chi connectivity index (χ4n) is 2.87. The minimum absolute atomic E-state index is 0.0699. The van der Waals surface area contributed by atoms with Gasteiger partial charge in [0.2, 0.25) is 0 Å². The Morgan fingerprint density at radius 3 is 1.67 bits per heavy atom. The Morgan fingerprint density at radius 2 is 1.25 bits per heavy atom. The van der Waals surface area contributed by atoms with Gasteiger partial charge in [0, 0.05) is 10.0 Å². The smallest absolute Gasteiger partial charge is 0.196 e. The molecule has 122 valence electrons. The zero-order chi connectivity index (χ0) is 17.1. The first-order valence-corrected chi connectivity index (χ1v) is 8.56. The fraction of sp³-hybridized carbons (Fsp3) is 0.150. The summed E-state index contributed by atoms with van der Waals surface area (Å²) in [6.45, 7) is 1.37. The summed E-state index contributed by atoms with van der Waals surface area (Å²) in [4.78, 5) is 14.1. The fourth-order valence-corrected chi connectivity index (χ4v) is 3.25. The molecule has 1 aliphatic rings. The third-order valence-corrected chi connectivity index (χ3v) is 4.73. The van der Waals surface area contributed by atoms with E-state index in [1.807, 2.05) is 60.7 Å². The molecule has 0 radical (unpaired) electrons. The van der Waals surface area contributed by atoms with Crippen molar-refractivity contribution in [3.63, 3.8) is 0 Å². The van der Waals surface area contributed by atoms with Gasteiger partial charge in [-0.15, -0.1) is 0 Å². The monoisotopic (exact) mass is 358 g/mol. The van der Waals surface area contributed by atoms with E-state index < -0.39 is 0 Å². The molecule has 0 aromatic heterocycles. The number of halogens is 2. The number of piperidine rings is 1. The van der Waals surface area contributed by atoms with E-state index in [4.69, 9.17) is 23.2 Å². The van der Waals surface area contributed by atoms with Gasteiger partial charge in [-0.1, -0.05) is 59.6 Å². The molecular formula is C20H18Cl2NO+. The van der Waals surface area contributed by atoms with Crippen LogP contribution < -0.4 is 4.90 Å². The molecule has 3 rings (SSSR count). The molecule has 0 saturated carbocycles. The van der Waals surface area contributed by atoms with Gasteiger partial charge >= 0.3 is 0 Å². The Kier molecular flexibility index (Phi) is 5.20. The van der Waals surface area contributed by atoms with E-state index in [1.165, 1.54) is 4.90 Å². The average Bonchev–Trinajstić information content (AvgIpc) is 2.56. The van der Waals surface area contributed by atoms with E-state index in [2.05, 4.69) is 7.05 Å². The summed E-state index contributed by atoms with van der Waals surface area (Å²) in [7, 11) is 2.08. The predicted octanol–water partition coefficient (Wildman–Crippen LogP) is 3.56. The van der Waals surface area contributed by atoms with Crippen molar-refractivity contribution in [2.75, 3.05) is 20.1 Å². The average molecular weight is 359 g/mol. The zero-order valence-electron chi connectivity index (χ0n) is 13.4. The van der Waals surface area contributed by atoms with Crippen LogP contribution in [0.4, 0.5) is 0 Å². The molecule has 2 nitrogen and oxygen atoms in total. The summed E-state index contributed by atoms with van der Waals surface area (Å²) in [6.07, 6.45) is 3.79. The molecule has 24 heavy (non-hydrogen) atoms. The normalized spacial score (nSPS) is 21.5. The van der Waals surface area contributed by atoms with E-state index >= 15 is 0 Å². The van der Waals surface area contributed by atoms with Crippen LogP contribution in [0, 0.1) is 0 Å². The van der Waals surface area contributed by atoms with Crippen LogP contribution in [0.1, 0.15) is 11.1 Å². The maximum atomic E-state index is 12.9. The highest BCUT2D eigenvalue weighted by atomic mass is 35.5. The molecule has 1 saturated heterocycles. The van der Waals surface area contributed by atoms with Crippen molar-refractivity contribution in [1.82, 2.24) is 0 Å². The Balaban J connectivity index is 1.98. The Bertz CT molecular complexity index is 772. The van der Waals surface area contributed by atoms with Crippen molar-refractivity contribution in [2.45, 2.75) is 0 Å². The Hall–Kier alpha value is -1.87. The first kappa shape index (κ1) is 17.0. The van der Waals surface area contributed by atoms with Crippen LogP contribution in [-0.4, -0.2) is 25.9 Å². The van der Waals surface area contributed by atoms with Crippen LogP contribution in [0.3, 0.4) is 0 Å². The second-order valence-electron chi connectivity index (χ2n) is 6.02. The van der Waals surface area contributed by atoms with Gasteiger partial charge in [-0.2, -0.15) is 0 Å². The number of carbonyl (C=O) groups is 1. The molecule has 1 heterocycles. The minimum Gasteiger partial charge on any atom is -0.330 e. The molecule has 0 aliphatic carbocycles. The number of Topliss-reactive ketones (excluding diaryl/α,β-unsaturated/α-hetero) is 1. The molecule has 1 unspecified atom stereocenters. The molecule has 0 spiro atoms. The summed E-state index contributed by atoms with van der Waals surface area (Å²) >= 11 is 12.4. The van der Waals surface area contributed by atoms with Gasteiger partial charge in [-0.3, -0.25) is 4.79 Å². The van der Waals surface area contributed by atoms with Crippen LogP contribution >= 0.6 is 23.2 Å². The lowest BCUT2D eigenvalue weighted by Crippen LogP contribution is -3.10. The van der Waals surface area contributed by atoms with Crippen molar-refractivity contribution in [3.8, 4) is 0 Å². The van der Waals surface area contributed by atoms with Crippen molar-refractivity contribution in [1.29, 1.82) is 0 Å². The molecule has 1 fully saturated rings. The van der Waals surface area contributed by atoms with Gasteiger partial charge in [-0.05, 0) is 35.4 Å². The third kappa shape index (κ3) is 3.78. The lowest BCUT2D eigenvalue weighted by molar-refractivity contribution is -0.870. The van der Waals surface area contributed by atoms with E-state index in [0.29, 0.717) is 23.1 Å². The molecule has 1 atom stereocenters. The predicted molar refractivity (Wildman–Crippen MR) is 100 cm³/mol. The molecule has 0 amide bonds. The van der Waals surface area contributed by atoms with E-state index in [0.717, 1.165) is 22.3 Å². The summed E-state index contributed by atoms with van der Waals surface area (Å²) in [5, 5.41) is 1.30. The number of ketones is 1. The number of quaternary nitrogens is 1. The molecule has 2 aromatic carbocycles. The quantitative estimate of drug-likeness (QED) is 0.814. The number of nitrogens with one attached hydrogen (secondary N) is 1. The highest BCUT2D eigenvalue weighted by Gasteiger charge is 2.27. The van der Waals surface area contributed by atoms with Crippen LogP contribution in [0.5, 0.6) is 0 Å². The van der Waals surface area contributed by atoms with Crippen LogP contribution in [0.15, 0.2) is 59.7 Å². The topological polar surface area (TPSA) is 21.5 Å². The van der Waals surface area contributed by atoms with Gasteiger partial charge in [0.1, 0.15) is 13.1 Å². The number of carbonyl (C=O) groups excluding carboxylic acids is 1. The second kappa shape index (κ2) is 7.35. The van der Waals surface area contributed by atoms with Gasteiger partial charge in [0.05, 0.1) is 18.2 Å². The number of hydrogen-bond donors (Lipinski definition) is 1. The van der Waals surface area contributed by atoms with Crippen molar-refractivity contribution in [3.05, 3.63) is 80.8 Å². The molecular weight excluding hydrogens is 341 g/mol. The molecule has 2 aromatic rings. The first-order chi connectivity index (χ1) is 11.5. The van der Waals surface area contributed by atoms with Gasteiger partial charge in [0.15, 0.2) is 5.78 Å². The number of likely N-dealkylation sites (tertiary alicyclic amines) is 1. The maximum Gasteiger partial charge on any atom is 0.196 e. The largest absolute Gasteiger partial charge is 0.330 e. The highest BCUT2D eigenvalue weighted by Crippen LogP contribution is 2.23. The maximum absolute atomic E-state index is 12.9. The summed E-state index contributed by atoms with van der Waals surface area (Å²) in [6, 6.07) is 15.1. The third-order valence-electron chi connectivity index (χ3n) is 4.04. The van der Waals surface area contributed by atoms with Gasteiger partial charge in [-0.25, -0.2) is 0 Å². The van der Waals surface area contributed by atoms with Gasteiger partial charge < -0.3 is 4.90 Å². The second-order valence-corrected chi connectivity index (χ2v) is 6.84. The molecule has 0 bridgehead atoms. The Morgan fingerprint density at radius 1 is 0.833 bits per heavy atom. The first-order valence-electron chi connectivity index (χ1n) is 7.81. The summed E-state index contributed by atoms with van der Waals surface area (Å²) < 4.78 is 0.